The molecule has 1 saturated carbocycles. The van der Waals surface area contributed by atoms with Crippen LogP contribution >= 0.6 is 0 Å². The van der Waals surface area contributed by atoms with E-state index in [2.05, 4.69) is 24.0 Å². The van der Waals surface area contributed by atoms with Gasteiger partial charge in [-0.3, -0.25) is 9.59 Å². The predicted molar refractivity (Wildman–Crippen MR) is 107 cm³/mol. The number of benzene rings is 1. The molecule has 0 radical (unpaired) electrons. The van der Waals surface area contributed by atoms with Crippen molar-refractivity contribution in [2.24, 2.45) is 11.8 Å². The SMILES string of the molecule is C=CC(=O)N1CCC2(CC1)CC(C(=O)N[C@H](c1ccccc1)C1CCC1)CO2. The van der Waals surface area contributed by atoms with Crippen molar-refractivity contribution in [1.82, 2.24) is 10.2 Å². The van der Waals surface area contributed by atoms with Crippen LogP contribution in [0.2, 0.25) is 0 Å². The summed E-state index contributed by atoms with van der Waals surface area (Å²) in [6.45, 7) is 5.39. The van der Waals surface area contributed by atoms with Crippen LogP contribution in [0.3, 0.4) is 0 Å². The second-order valence-electron chi connectivity index (χ2n) is 8.51. The third-order valence-electron chi connectivity index (χ3n) is 6.82. The summed E-state index contributed by atoms with van der Waals surface area (Å²) in [4.78, 5) is 26.7. The molecule has 2 aliphatic heterocycles. The van der Waals surface area contributed by atoms with Gasteiger partial charge < -0.3 is 15.0 Å². The number of ether oxygens (including phenoxy) is 1. The molecular weight excluding hydrogens is 352 g/mol. The smallest absolute Gasteiger partial charge is 0.245 e. The molecule has 1 aromatic rings. The van der Waals surface area contributed by atoms with Crippen LogP contribution in [0.15, 0.2) is 43.0 Å². The molecule has 2 atom stereocenters. The quantitative estimate of drug-likeness (QED) is 0.796. The van der Waals surface area contributed by atoms with Gasteiger partial charge in [-0.1, -0.05) is 43.3 Å². The number of carbonyl (C=O) groups excluding carboxylic acids is 2. The van der Waals surface area contributed by atoms with Gasteiger partial charge in [0.1, 0.15) is 0 Å². The van der Waals surface area contributed by atoms with Crippen molar-refractivity contribution in [2.45, 2.75) is 50.2 Å². The van der Waals surface area contributed by atoms with Crippen LogP contribution in [0.5, 0.6) is 0 Å². The van der Waals surface area contributed by atoms with E-state index in [0.29, 0.717) is 25.6 Å². The van der Waals surface area contributed by atoms with Crippen LogP contribution in [-0.4, -0.2) is 42.0 Å². The molecule has 2 saturated heterocycles. The van der Waals surface area contributed by atoms with E-state index in [1.165, 1.54) is 30.9 Å². The Kier molecular flexibility index (Phi) is 5.54. The third-order valence-corrected chi connectivity index (χ3v) is 6.82. The lowest BCUT2D eigenvalue weighted by Crippen LogP contribution is -2.46. The second kappa shape index (κ2) is 8.08. The van der Waals surface area contributed by atoms with E-state index in [9.17, 15) is 9.59 Å². The molecule has 3 fully saturated rings. The Hall–Kier alpha value is -2.14. The Bertz CT molecular complexity index is 721. The zero-order chi connectivity index (χ0) is 19.6. The number of rotatable bonds is 5. The van der Waals surface area contributed by atoms with Crippen LogP contribution in [0.4, 0.5) is 0 Å². The van der Waals surface area contributed by atoms with E-state index < -0.39 is 0 Å². The number of nitrogens with one attached hydrogen (secondary N) is 1. The molecule has 0 bridgehead atoms. The fourth-order valence-electron chi connectivity index (χ4n) is 4.80. The minimum Gasteiger partial charge on any atom is -0.374 e. The van der Waals surface area contributed by atoms with Gasteiger partial charge in [0.15, 0.2) is 0 Å². The summed E-state index contributed by atoms with van der Waals surface area (Å²) in [5.41, 5.74) is 0.948. The Morgan fingerprint density at radius 1 is 1.21 bits per heavy atom. The molecule has 4 rings (SSSR count). The van der Waals surface area contributed by atoms with E-state index in [1.54, 1.807) is 0 Å². The number of carbonyl (C=O) groups is 2. The van der Waals surface area contributed by atoms with Gasteiger partial charge in [0, 0.05) is 13.1 Å². The first-order valence-electron chi connectivity index (χ1n) is 10.5. The number of nitrogens with zero attached hydrogens (tertiary/aromatic N) is 1. The van der Waals surface area contributed by atoms with Gasteiger partial charge in [0.2, 0.25) is 11.8 Å². The zero-order valence-corrected chi connectivity index (χ0v) is 16.4. The van der Waals surface area contributed by atoms with Crippen molar-refractivity contribution < 1.29 is 14.3 Å². The highest BCUT2D eigenvalue weighted by Crippen LogP contribution is 2.41. The first-order chi connectivity index (χ1) is 13.6. The standard InChI is InChI=1S/C23H30N2O3/c1-2-20(26)25-13-11-23(12-14-25)15-19(16-28-23)22(27)24-21(18-9-6-10-18)17-7-4-3-5-8-17/h2-5,7-8,18-19,21H,1,6,9-16H2,(H,24,27)/t19?,21-/m1/s1. The zero-order valence-electron chi connectivity index (χ0n) is 16.4. The molecule has 0 aromatic heterocycles. The van der Waals surface area contributed by atoms with E-state index in [-0.39, 0.29) is 29.4 Å². The summed E-state index contributed by atoms with van der Waals surface area (Å²) in [6, 6.07) is 10.4. The molecule has 3 aliphatic rings. The fourth-order valence-corrected chi connectivity index (χ4v) is 4.80. The predicted octanol–water partition coefficient (Wildman–Crippen LogP) is 3.23. The fraction of sp³-hybridized carbons (Fsp3) is 0.565. The first-order valence-corrected chi connectivity index (χ1v) is 10.5. The molecule has 5 heteroatoms. The summed E-state index contributed by atoms with van der Waals surface area (Å²) < 4.78 is 6.14. The average molecular weight is 383 g/mol. The minimum atomic E-state index is -0.251. The summed E-state index contributed by atoms with van der Waals surface area (Å²) in [6.07, 6.45) is 7.31. The molecule has 1 N–H and O–H groups in total. The summed E-state index contributed by atoms with van der Waals surface area (Å²) in [5.74, 6) is 0.527. The van der Waals surface area contributed by atoms with E-state index in [4.69, 9.17) is 4.74 Å². The van der Waals surface area contributed by atoms with Crippen LogP contribution in [-0.2, 0) is 14.3 Å². The molecule has 28 heavy (non-hydrogen) atoms. The van der Waals surface area contributed by atoms with Crippen molar-refractivity contribution in [3.8, 4) is 0 Å². The van der Waals surface area contributed by atoms with Crippen LogP contribution < -0.4 is 5.32 Å². The molecule has 5 nitrogen and oxygen atoms in total. The Morgan fingerprint density at radius 3 is 2.54 bits per heavy atom. The lowest BCUT2D eigenvalue weighted by atomic mass is 9.77. The van der Waals surface area contributed by atoms with Crippen molar-refractivity contribution in [1.29, 1.82) is 0 Å². The van der Waals surface area contributed by atoms with Crippen LogP contribution in [0.1, 0.15) is 50.1 Å². The second-order valence-corrected chi connectivity index (χ2v) is 8.51. The van der Waals surface area contributed by atoms with Gasteiger partial charge in [0.05, 0.1) is 24.2 Å². The molecular formula is C23H30N2O3. The van der Waals surface area contributed by atoms with Gasteiger partial charge in [-0.25, -0.2) is 0 Å². The van der Waals surface area contributed by atoms with Crippen LogP contribution in [0.25, 0.3) is 0 Å². The monoisotopic (exact) mass is 382 g/mol. The van der Waals surface area contributed by atoms with Gasteiger partial charge >= 0.3 is 0 Å². The summed E-state index contributed by atoms with van der Waals surface area (Å²) in [7, 11) is 0. The number of hydrogen-bond donors (Lipinski definition) is 1. The maximum Gasteiger partial charge on any atom is 0.245 e. The first kappa shape index (κ1) is 19.2. The van der Waals surface area contributed by atoms with Gasteiger partial charge in [0.25, 0.3) is 0 Å². The third kappa shape index (κ3) is 3.86. The minimum absolute atomic E-state index is 0.0201. The normalized spacial score (nSPS) is 25.1. The van der Waals surface area contributed by atoms with E-state index in [1.807, 2.05) is 23.1 Å². The van der Waals surface area contributed by atoms with E-state index >= 15 is 0 Å². The molecule has 1 aromatic carbocycles. The van der Waals surface area contributed by atoms with Crippen molar-refractivity contribution in [3.05, 3.63) is 48.6 Å². The maximum absolute atomic E-state index is 13.0. The lowest BCUT2D eigenvalue weighted by molar-refractivity contribution is -0.130. The highest BCUT2D eigenvalue weighted by atomic mass is 16.5. The molecule has 1 unspecified atom stereocenters. The van der Waals surface area contributed by atoms with Crippen LogP contribution in [0, 0.1) is 11.8 Å². The Morgan fingerprint density at radius 2 is 1.93 bits per heavy atom. The average Bonchev–Trinajstić information content (AvgIpc) is 3.10. The van der Waals surface area contributed by atoms with Gasteiger partial charge in [-0.2, -0.15) is 0 Å². The summed E-state index contributed by atoms with van der Waals surface area (Å²) >= 11 is 0. The van der Waals surface area contributed by atoms with E-state index in [0.717, 1.165) is 19.3 Å². The largest absolute Gasteiger partial charge is 0.374 e. The van der Waals surface area contributed by atoms with Crippen molar-refractivity contribution >= 4 is 11.8 Å². The number of amides is 2. The Balaban J connectivity index is 1.36. The van der Waals surface area contributed by atoms with Gasteiger partial charge in [-0.15, -0.1) is 0 Å². The molecule has 2 amide bonds. The topological polar surface area (TPSA) is 58.6 Å². The molecule has 2 heterocycles. The van der Waals surface area contributed by atoms with Gasteiger partial charge in [-0.05, 0) is 49.7 Å². The van der Waals surface area contributed by atoms with Crippen molar-refractivity contribution in [3.63, 3.8) is 0 Å². The maximum atomic E-state index is 13.0. The molecule has 1 spiro atoms. The van der Waals surface area contributed by atoms with Crippen molar-refractivity contribution in [2.75, 3.05) is 19.7 Å². The number of piperidine rings is 1. The number of likely N-dealkylation sites (tertiary alicyclic amines) is 1. The summed E-state index contributed by atoms with van der Waals surface area (Å²) in [5, 5.41) is 3.34. The molecule has 150 valence electrons. The molecule has 1 aliphatic carbocycles. The lowest BCUT2D eigenvalue weighted by Gasteiger charge is -2.38. The number of hydrogen-bond acceptors (Lipinski definition) is 3. The highest BCUT2D eigenvalue weighted by Gasteiger charge is 2.46. The highest BCUT2D eigenvalue weighted by molar-refractivity contribution is 5.87. The Labute approximate surface area is 167 Å².